The second-order valence-electron chi connectivity index (χ2n) is 2.83. The van der Waals surface area contributed by atoms with E-state index >= 15 is 0 Å². The van der Waals surface area contributed by atoms with Crippen LogP contribution >= 0.6 is 11.5 Å². The lowest BCUT2D eigenvalue weighted by molar-refractivity contribution is 0.580. The van der Waals surface area contributed by atoms with Crippen molar-refractivity contribution in [2.45, 2.75) is 13.5 Å². The SMILES string of the molecule is Cc1nnsc1CNc1nccnc1F. The fourth-order valence-electron chi connectivity index (χ4n) is 1.02. The highest BCUT2D eigenvalue weighted by atomic mass is 32.1. The van der Waals surface area contributed by atoms with E-state index < -0.39 is 5.95 Å². The van der Waals surface area contributed by atoms with Crippen molar-refractivity contribution in [3.63, 3.8) is 0 Å². The molecule has 2 heterocycles. The first-order valence-electron chi connectivity index (χ1n) is 4.25. The second kappa shape index (κ2) is 4.26. The van der Waals surface area contributed by atoms with E-state index in [2.05, 4.69) is 24.9 Å². The monoisotopic (exact) mass is 225 g/mol. The summed E-state index contributed by atoms with van der Waals surface area (Å²) in [5.74, 6) is -0.460. The van der Waals surface area contributed by atoms with Gasteiger partial charge in [-0.3, -0.25) is 0 Å². The Hall–Kier alpha value is -1.63. The summed E-state index contributed by atoms with van der Waals surface area (Å²) in [7, 11) is 0. The molecule has 0 amide bonds. The van der Waals surface area contributed by atoms with E-state index in [1.165, 1.54) is 23.9 Å². The average Bonchev–Trinajstić information content (AvgIpc) is 2.63. The zero-order valence-corrected chi connectivity index (χ0v) is 8.75. The molecular weight excluding hydrogens is 217 g/mol. The molecule has 0 bridgehead atoms. The van der Waals surface area contributed by atoms with Gasteiger partial charge in [-0.25, -0.2) is 9.97 Å². The van der Waals surface area contributed by atoms with Gasteiger partial charge in [0.15, 0.2) is 5.82 Å². The van der Waals surface area contributed by atoms with Crippen molar-refractivity contribution in [1.29, 1.82) is 0 Å². The third kappa shape index (κ3) is 2.24. The summed E-state index contributed by atoms with van der Waals surface area (Å²) in [6.45, 7) is 2.31. The van der Waals surface area contributed by atoms with E-state index in [1.54, 1.807) is 0 Å². The molecule has 2 aromatic rings. The molecule has 5 nitrogen and oxygen atoms in total. The van der Waals surface area contributed by atoms with Crippen molar-refractivity contribution in [2.75, 3.05) is 5.32 Å². The maximum atomic E-state index is 13.1. The van der Waals surface area contributed by atoms with Crippen molar-refractivity contribution in [1.82, 2.24) is 19.6 Å². The third-order valence-electron chi connectivity index (χ3n) is 1.82. The molecule has 2 rings (SSSR count). The van der Waals surface area contributed by atoms with E-state index in [0.29, 0.717) is 6.54 Å². The van der Waals surface area contributed by atoms with Crippen molar-refractivity contribution < 1.29 is 4.39 Å². The lowest BCUT2D eigenvalue weighted by Crippen LogP contribution is -2.04. The number of anilines is 1. The number of nitrogens with one attached hydrogen (secondary N) is 1. The van der Waals surface area contributed by atoms with Gasteiger partial charge in [-0.15, -0.1) is 5.10 Å². The summed E-state index contributed by atoms with van der Waals surface area (Å²) in [4.78, 5) is 8.26. The summed E-state index contributed by atoms with van der Waals surface area (Å²) in [6.07, 6.45) is 2.74. The first-order valence-corrected chi connectivity index (χ1v) is 5.03. The lowest BCUT2D eigenvalue weighted by Gasteiger charge is -2.03. The van der Waals surface area contributed by atoms with E-state index in [1.807, 2.05) is 6.92 Å². The predicted octanol–water partition coefficient (Wildman–Crippen LogP) is 1.39. The molecule has 7 heteroatoms. The molecule has 0 atom stereocenters. The molecule has 78 valence electrons. The Morgan fingerprint density at radius 1 is 1.40 bits per heavy atom. The highest BCUT2D eigenvalue weighted by Crippen LogP contribution is 2.12. The van der Waals surface area contributed by atoms with Gasteiger partial charge in [0.1, 0.15) is 0 Å². The number of hydrogen-bond acceptors (Lipinski definition) is 6. The second-order valence-corrected chi connectivity index (χ2v) is 3.67. The van der Waals surface area contributed by atoms with Gasteiger partial charge in [-0.2, -0.15) is 4.39 Å². The maximum Gasteiger partial charge on any atom is 0.255 e. The molecule has 1 N–H and O–H groups in total. The Morgan fingerprint density at radius 2 is 2.20 bits per heavy atom. The standard InChI is InChI=1S/C8H8FN5S/c1-5-6(15-14-13-5)4-12-8-7(9)10-2-3-11-8/h2-3H,4H2,1H3,(H,11,12). The van der Waals surface area contributed by atoms with Crippen LogP contribution in [0.2, 0.25) is 0 Å². The summed E-state index contributed by atoms with van der Waals surface area (Å²) < 4.78 is 16.8. The van der Waals surface area contributed by atoms with Gasteiger partial charge in [-0.05, 0) is 18.5 Å². The van der Waals surface area contributed by atoms with E-state index in [4.69, 9.17) is 0 Å². The zero-order valence-electron chi connectivity index (χ0n) is 7.94. The first-order chi connectivity index (χ1) is 7.27. The van der Waals surface area contributed by atoms with Gasteiger partial charge < -0.3 is 5.32 Å². The van der Waals surface area contributed by atoms with Crippen LogP contribution in [-0.4, -0.2) is 19.6 Å². The minimum atomic E-state index is -0.604. The molecular formula is C8H8FN5S. The fraction of sp³-hybridized carbons (Fsp3) is 0.250. The molecule has 0 aliphatic heterocycles. The van der Waals surface area contributed by atoms with Gasteiger partial charge in [-0.1, -0.05) is 4.49 Å². The van der Waals surface area contributed by atoms with E-state index in [-0.39, 0.29) is 5.82 Å². The number of aromatic nitrogens is 4. The normalized spacial score (nSPS) is 10.3. The average molecular weight is 225 g/mol. The van der Waals surface area contributed by atoms with Crippen LogP contribution in [0.5, 0.6) is 0 Å². The number of halogens is 1. The molecule has 0 fully saturated rings. The molecule has 0 aliphatic carbocycles. The molecule has 2 aromatic heterocycles. The third-order valence-corrected chi connectivity index (χ3v) is 2.64. The lowest BCUT2D eigenvalue weighted by atomic mass is 10.4. The summed E-state index contributed by atoms with van der Waals surface area (Å²) in [6, 6.07) is 0. The number of nitrogens with zero attached hydrogens (tertiary/aromatic N) is 4. The van der Waals surface area contributed by atoms with Crippen LogP contribution in [0.1, 0.15) is 10.6 Å². The largest absolute Gasteiger partial charge is 0.361 e. The van der Waals surface area contributed by atoms with Crippen LogP contribution < -0.4 is 5.32 Å². The molecule has 15 heavy (non-hydrogen) atoms. The van der Waals surface area contributed by atoms with Crippen molar-refractivity contribution in [2.24, 2.45) is 0 Å². The number of aryl methyl sites for hydroxylation is 1. The quantitative estimate of drug-likeness (QED) is 0.855. The highest BCUT2D eigenvalue weighted by Gasteiger charge is 2.06. The number of rotatable bonds is 3. The molecule has 0 aliphatic rings. The summed E-state index contributed by atoms with van der Waals surface area (Å²) >= 11 is 1.28. The summed E-state index contributed by atoms with van der Waals surface area (Å²) in [5, 5.41) is 6.69. The minimum absolute atomic E-state index is 0.144. The van der Waals surface area contributed by atoms with Crippen LogP contribution in [0.25, 0.3) is 0 Å². The van der Waals surface area contributed by atoms with Crippen molar-refractivity contribution in [3.8, 4) is 0 Å². The smallest absolute Gasteiger partial charge is 0.255 e. The predicted molar refractivity (Wildman–Crippen MR) is 54.0 cm³/mol. The van der Waals surface area contributed by atoms with Gasteiger partial charge in [0.2, 0.25) is 0 Å². The van der Waals surface area contributed by atoms with Crippen LogP contribution in [0.3, 0.4) is 0 Å². The maximum absolute atomic E-state index is 13.1. The van der Waals surface area contributed by atoms with Gasteiger partial charge in [0.25, 0.3) is 5.95 Å². The Morgan fingerprint density at radius 3 is 2.87 bits per heavy atom. The Kier molecular flexibility index (Phi) is 2.82. The van der Waals surface area contributed by atoms with Crippen LogP contribution in [0.4, 0.5) is 10.2 Å². The first kappa shape index (κ1) is 9.91. The molecule has 0 unspecified atom stereocenters. The number of hydrogen-bond donors (Lipinski definition) is 1. The topological polar surface area (TPSA) is 63.6 Å². The summed E-state index contributed by atoms with van der Waals surface area (Å²) in [5.41, 5.74) is 0.844. The van der Waals surface area contributed by atoms with Gasteiger partial charge in [0.05, 0.1) is 17.1 Å². The van der Waals surface area contributed by atoms with Gasteiger partial charge in [0, 0.05) is 12.4 Å². The fourth-order valence-corrected chi connectivity index (χ4v) is 1.59. The van der Waals surface area contributed by atoms with Gasteiger partial charge >= 0.3 is 0 Å². The van der Waals surface area contributed by atoms with E-state index in [0.717, 1.165) is 10.6 Å². The van der Waals surface area contributed by atoms with Crippen LogP contribution in [0.15, 0.2) is 12.4 Å². The molecule has 0 radical (unpaired) electrons. The minimum Gasteiger partial charge on any atom is -0.361 e. The molecule has 0 spiro atoms. The molecule has 0 aromatic carbocycles. The Bertz CT molecular complexity index is 458. The Balaban J connectivity index is 2.06. The molecule has 0 saturated carbocycles. The van der Waals surface area contributed by atoms with Crippen molar-refractivity contribution >= 4 is 17.4 Å². The van der Waals surface area contributed by atoms with Crippen LogP contribution in [-0.2, 0) is 6.54 Å². The van der Waals surface area contributed by atoms with Crippen molar-refractivity contribution in [3.05, 3.63) is 28.9 Å². The van der Waals surface area contributed by atoms with E-state index in [9.17, 15) is 4.39 Å². The molecule has 0 saturated heterocycles. The Labute approximate surface area is 89.6 Å². The highest BCUT2D eigenvalue weighted by molar-refractivity contribution is 7.05. The van der Waals surface area contributed by atoms with Crippen LogP contribution in [0, 0.1) is 12.9 Å². The zero-order chi connectivity index (χ0) is 10.7.